The zero-order valence-electron chi connectivity index (χ0n) is 7.05. The Morgan fingerprint density at radius 1 is 1.55 bits per heavy atom. The van der Waals surface area contributed by atoms with Crippen LogP contribution in [0.3, 0.4) is 0 Å². The van der Waals surface area contributed by atoms with Gasteiger partial charge < -0.3 is 10.5 Å². The van der Waals surface area contributed by atoms with E-state index in [4.69, 9.17) is 10.5 Å². The van der Waals surface area contributed by atoms with Gasteiger partial charge in [-0.15, -0.1) is 0 Å². The second-order valence-electron chi connectivity index (χ2n) is 3.69. The first-order valence-electron chi connectivity index (χ1n) is 4.29. The van der Waals surface area contributed by atoms with E-state index in [0.29, 0.717) is 11.6 Å². The molecule has 1 aliphatic carbocycles. The number of hydrogen-bond acceptors (Lipinski definition) is 3. The molecule has 0 aromatic carbocycles. The van der Waals surface area contributed by atoms with Gasteiger partial charge in [0.2, 0.25) is 0 Å². The number of nitrogens with two attached hydrogens (primary N) is 1. The maximum atomic E-state index is 5.68. The molecule has 3 heteroatoms. The highest BCUT2D eigenvalue weighted by atomic mass is 16.5. The highest BCUT2D eigenvalue weighted by Gasteiger charge is 2.51. The van der Waals surface area contributed by atoms with Crippen molar-refractivity contribution < 1.29 is 4.74 Å². The van der Waals surface area contributed by atoms with Crippen LogP contribution in [0.1, 0.15) is 12.8 Å². The van der Waals surface area contributed by atoms with Crippen molar-refractivity contribution >= 4 is 0 Å². The fourth-order valence-electron chi connectivity index (χ4n) is 1.77. The summed E-state index contributed by atoms with van der Waals surface area (Å²) in [6.45, 7) is 3.00. The minimum absolute atomic E-state index is 0.398. The summed E-state index contributed by atoms with van der Waals surface area (Å²) in [4.78, 5) is 2.46. The van der Waals surface area contributed by atoms with Crippen LogP contribution in [0.15, 0.2) is 0 Å². The predicted octanol–water partition coefficient (Wildman–Crippen LogP) is -0.192. The Bertz CT molecular complexity index is 150. The molecule has 2 N–H and O–H groups in total. The average molecular weight is 156 g/mol. The Kier molecular flexibility index (Phi) is 1.67. The molecular weight excluding hydrogens is 140 g/mol. The summed E-state index contributed by atoms with van der Waals surface area (Å²) in [6, 6.07) is 0. The molecule has 2 rings (SSSR count). The summed E-state index contributed by atoms with van der Waals surface area (Å²) in [5.41, 5.74) is 6.08. The van der Waals surface area contributed by atoms with Crippen LogP contribution in [0.25, 0.3) is 0 Å². The van der Waals surface area contributed by atoms with Gasteiger partial charge in [0.25, 0.3) is 0 Å². The molecule has 2 fully saturated rings. The number of hydrogen-bond donors (Lipinski definition) is 1. The fraction of sp³-hybridized carbons (Fsp3) is 1.00. The van der Waals surface area contributed by atoms with Gasteiger partial charge in [0.15, 0.2) is 0 Å². The highest BCUT2D eigenvalue weighted by Crippen LogP contribution is 2.43. The van der Waals surface area contributed by atoms with Crippen molar-refractivity contribution in [2.75, 3.05) is 26.7 Å². The molecule has 0 unspecified atom stereocenters. The minimum Gasteiger partial charge on any atom is -0.379 e. The van der Waals surface area contributed by atoms with Crippen molar-refractivity contribution in [3.8, 4) is 0 Å². The molecule has 64 valence electrons. The van der Waals surface area contributed by atoms with Crippen LogP contribution in [-0.4, -0.2) is 43.3 Å². The van der Waals surface area contributed by atoms with Gasteiger partial charge in [-0.2, -0.15) is 0 Å². The predicted molar refractivity (Wildman–Crippen MR) is 43.4 cm³/mol. The van der Waals surface area contributed by atoms with Gasteiger partial charge in [0, 0.05) is 32.3 Å². The van der Waals surface area contributed by atoms with Crippen LogP contribution in [0.2, 0.25) is 0 Å². The molecule has 0 aromatic heterocycles. The first-order valence-corrected chi connectivity index (χ1v) is 4.29. The summed E-state index contributed by atoms with van der Waals surface area (Å²) in [5.74, 6) is 0. The number of rotatable bonds is 3. The molecule has 0 radical (unpaired) electrons. The van der Waals surface area contributed by atoms with Crippen molar-refractivity contribution in [3.05, 3.63) is 0 Å². The molecule has 1 heterocycles. The molecule has 0 amide bonds. The molecule has 0 spiro atoms. The third-order valence-corrected chi connectivity index (χ3v) is 3.06. The lowest BCUT2D eigenvalue weighted by atomic mass is 10.1. The van der Waals surface area contributed by atoms with Gasteiger partial charge in [-0.1, -0.05) is 0 Å². The lowest BCUT2D eigenvalue weighted by Crippen LogP contribution is -2.59. The van der Waals surface area contributed by atoms with Crippen LogP contribution in [0.4, 0.5) is 0 Å². The second kappa shape index (κ2) is 2.44. The van der Waals surface area contributed by atoms with Crippen molar-refractivity contribution in [3.63, 3.8) is 0 Å². The summed E-state index contributed by atoms with van der Waals surface area (Å²) in [5, 5.41) is 0. The maximum absolute atomic E-state index is 5.68. The molecular formula is C8H16N2O. The standard InChI is InChI=1S/C8H16N2O/c1-11-7-4-10(5-7)8(6-9)2-3-8/h7H,2-6,9H2,1H3. The fourth-order valence-corrected chi connectivity index (χ4v) is 1.77. The monoisotopic (exact) mass is 156 g/mol. The van der Waals surface area contributed by atoms with E-state index in [1.54, 1.807) is 7.11 Å². The lowest BCUT2D eigenvalue weighted by molar-refractivity contribution is -0.0557. The molecule has 2 aliphatic rings. The smallest absolute Gasteiger partial charge is 0.0825 e. The van der Waals surface area contributed by atoms with E-state index in [9.17, 15) is 0 Å². The summed E-state index contributed by atoms with van der Waals surface area (Å²) in [7, 11) is 1.78. The van der Waals surface area contributed by atoms with Crippen LogP contribution in [0.5, 0.6) is 0 Å². The molecule has 1 saturated heterocycles. The summed E-state index contributed by atoms with van der Waals surface area (Å²) in [6.07, 6.45) is 3.05. The van der Waals surface area contributed by atoms with Crippen molar-refractivity contribution in [1.29, 1.82) is 0 Å². The SMILES string of the molecule is COC1CN(C2(CN)CC2)C1. The largest absolute Gasteiger partial charge is 0.379 e. The molecule has 3 nitrogen and oxygen atoms in total. The van der Waals surface area contributed by atoms with Crippen LogP contribution < -0.4 is 5.73 Å². The minimum atomic E-state index is 0.398. The first kappa shape index (κ1) is 7.53. The average Bonchev–Trinajstić information content (AvgIpc) is 2.67. The van der Waals surface area contributed by atoms with Gasteiger partial charge >= 0.3 is 0 Å². The van der Waals surface area contributed by atoms with E-state index >= 15 is 0 Å². The Labute approximate surface area is 67.5 Å². The van der Waals surface area contributed by atoms with Gasteiger partial charge in [-0.3, -0.25) is 4.90 Å². The van der Waals surface area contributed by atoms with Crippen molar-refractivity contribution in [2.45, 2.75) is 24.5 Å². The zero-order chi connectivity index (χ0) is 7.90. The van der Waals surface area contributed by atoms with Crippen LogP contribution in [0, 0.1) is 0 Å². The van der Waals surface area contributed by atoms with E-state index in [2.05, 4.69) is 4.90 Å². The Morgan fingerprint density at radius 3 is 2.55 bits per heavy atom. The van der Waals surface area contributed by atoms with Crippen LogP contribution in [-0.2, 0) is 4.74 Å². The molecule has 0 bridgehead atoms. The highest BCUT2D eigenvalue weighted by molar-refractivity contribution is 5.08. The molecule has 1 aliphatic heterocycles. The first-order chi connectivity index (χ1) is 5.30. The van der Waals surface area contributed by atoms with E-state index in [-0.39, 0.29) is 0 Å². The Morgan fingerprint density at radius 2 is 2.18 bits per heavy atom. The summed E-state index contributed by atoms with van der Waals surface area (Å²) < 4.78 is 5.20. The van der Waals surface area contributed by atoms with E-state index < -0.39 is 0 Å². The molecule has 0 atom stereocenters. The van der Waals surface area contributed by atoms with Crippen molar-refractivity contribution in [1.82, 2.24) is 4.90 Å². The van der Waals surface area contributed by atoms with Crippen LogP contribution >= 0.6 is 0 Å². The third-order valence-electron chi connectivity index (χ3n) is 3.06. The number of nitrogens with zero attached hydrogens (tertiary/aromatic N) is 1. The number of methoxy groups -OCH3 is 1. The lowest BCUT2D eigenvalue weighted by Gasteiger charge is -2.43. The van der Waals surface area contributed by atoms with Crippen molar-refractivity contribution in [2.24, 2.45) is 5.73 Å². The Balaban J connectivity index is 1.82. The van der Waals surface area contributed by atoms with Gasteiger partial charge in [-0.05, 0) is 12.8 Å². The molecule has 11 heavy (non-hydrogen) atoms. The van der Waals surface area contributed by atoms with E-state index in [0.717, 1.165) is 19.6 Å². The molecule has 0 aromatic rings. The van der Waals surface area contributed by atoms with Gasteiger partial charge in [0.05, 0.1) is 6.10 Å². The second-order valence-corrected chi connectivity index (χ2v) is 3.69. The van der Waals surface area contributed by atoms with E-state index in [1.165, 1.54) is 12.8 Å². The molecule has 1 saturated carbocycles. The van der Waals surface area contributed by atoms with Gasteiger partial charge in [0.1, 0.15) is 0 Å². The third kappa shape index (κ3) is 1.08. The maximum Gasteiger partial charge on any atom is 0.0825 e. The topological polar surface area (TPSA) is 38.5 Å². The quantitative estimate of drug-likeness (QED) is 0.615. The van der Waals surface area contributed by atoms with E-state index in [1.807, 2.05) is 0 Å². The normalized spacial score (nSPS) is 30.0. The Hall–Kier alpha value is -0.120. The number of likely N-dealkylation sites (tertiary alicyclic amines) is 1. The van der Waals surface area contributed by atoms with Gasteiger partial charge in [-0.25, -0.2) is 0 Å². The summed E-state index contributed by atoms with van der Waals surface area (Å²) >= 11 is 0. The zero-order valence-corrected chi connectivity index (χ0v) is 7.05. The number of ether oxygens (including phenoxy) is 1.